The van der Waals surface area contributed by atoms with E-state index in [1.807, 2.05) is 19.1 Å². The first-order valence-electron chi connectivity index (χ1n) is 7.05. The Morgan fingerprint density at radius 3 is 2.22 bits per heavy atom. The Hall–Kier alpha value is -1.96. The molecule has 3 N–H and O–H groups in total. The zero-order valence-electron chi connectivity index (χ0n) is 13.0. The second-order valence-corrected chi connectivity index (χ2v) is 7.32. The first-order valence-corrected chi connectivity index (χ1v) is 8.94. The number of nitrogens with one attached hydrogen (secondary N) is 3. The SMILES string of the molecule is CNS(=O)(=O)c1ccc(NC(=S)NCc2ccc(C)cc2)cc1. The van der Waals surface area contributed by atoms with Crippen LogP contribution >= 0.6 is 12.2 Å². The smallest absolute Gasteiger partial charge is 0.240 e. The fraction of sp³-hybridized carbons (Fsp3) is 0.188. The molecule has 0 spiro atoms. The minimum atomic E-state index is -3.42. The van der Waals surface area contributed by atoms with Crippen LogP contribution in [0.1, 0.15) is 11.1 Å². The van der Waals surface area contributed by atoms with E-state index in [1.165, 1.54) is 24.7 Å². The summed E-state index contributed by atoms with van der Waals surface area (Å²) >= 11 is 5.24. The van der Waals surface area contributed by atoms with Crippen LogP contribution in [0.2, 0.25) is 0 Å². The predicted molar refractivity (Wildman–Crippen MR) is 96.9 cm³/mol. The maximum atomic E-state index is 11.6. The zero-order chi connectivity index (χ0) is 16.9. The molecule has 0 unspecified atom stereocenters. The quantitative estimate of drug-likeness (QED) is 0.723. The van der Waals surface area contributed by atoms with Crippen molar-refractivity contribution in [3.8, 4) is 0 Å². The Kier molecular flexibility index (Phi) is 5.70. The number of sulfonamides is 1. The summed E-state index contributed by atoms with van der Waals surface area (Å²) < 4.78 is 25.6. The first-order chi connectivity index (χ1) is 10.9. The molecule has 122 valence electrons. The molecule has 0 atom stereocenters. The van der Waals surface area contributed by atoms with Crippen LogP contribution < -0.4 is 15.4 Å². The molecule has 0 heterocycles. The molecule has 23 heavy (non-hydrogen) atoms. The van der Waals surface area contributed by atoms with Gasteiger partial charge in [0, 0.05) is 12.2 Å². The third kappa shape index (κ3) is 5.02. The maximum Gasteiger partial charge on any atom is 0.240 e. The fourth-order valence-electron chi connectivity index (χ4n) is 1.90. The largest absolute Gasteiger partial charge is 0.358 e. The average molecular weight is 349 g/mol. The van der Waals surface area contributed by atoms with Crippen molar-refractivity contribution in [1.29, 1.82) is 0 Å². The number of thiocarbonyl (C=S) groups is 1. The molecule has 0 aromatic heterocycles. The Morgan fingerprint density at radius 2 is 1.65 bits per heavy atom. The monoisotopic (exact) mass is 349 g/mol. The van der Waals surface area contributed by atoms with Gasteiger partial charge >= 0.3 is 0 Å². The van der Waals surface area contributed by atoms with E-state index in [9.17, 15) is 8.42 Å². The number of benzene rings is 2. The van der Waals surface area contributed by atoms with Crippen molar-refractivity contribution in [1.82, 2.24) is 10.0 Å². The molecule has 2 rings (SSSR count). The maximum absolute atomic E-state index is 11.6. The van der Waals surface area contributed by atoms with Gasteiger partial charge in [0.2, 0.25) is 10.0 Å². The van der Waals surface area contributed by atoms with Gasteiger partial charge in [-0.2, -0.15) is 0 Å². The van der Waals surface area contributed by atoms with E-state index < -0.39 is 10.0 Å². The zero-order valence-corrected chi connectivity index (χ0v) is 14.6. The molecule has 0 aliphatic heterocycles. The Morgan fingerprint density at radius 1 is 1.04 bits per heavy atom. The van der Waals surface area contributed by atoms with Crippen molar-refractivity contribution in [2.45, 2.75) is 18.4 Å². The van der Waals surface area contributed by atoms with Crippen LogP contribution in [0.3, 0.4) is 0 Å². The first kappa shape index (κ1) is 17.4. The van der Waals surface area contributed by atoms with Gasteiger partial charge in [0.1, 0.15) is 0 Å². The molecule has 0 radical (unpaired) electrons. The molecule has 5 nitrogen and oxygen atoms in total. The van der Waals surface area contributed by atoms with Gasteiger partial charge in [-0.05, 0) is 56.0 Å². The molecular formula is C16H19N3O2S2. The Bertz CT molecular complexity index is 770. The van der Waals surface area contributed by atoms with Crippen LogP contribution in [0.15, 0.2) is 53.4 Å². The number of anilines is 1. The highest BCUT2D eigenvalue weighted by Crippen LogP contribution is 2.13. The topological polar surface area (TPSA) is 70.2 Å². The van der Waals surface area contributed by atoms with E-state index >= 15 is 0 Å². The summed E-state index contributed by atoms with van der Waals surface area (Å²) in [5.41, 5.74) is 3.07. The summed E-state index contributed by atoms with van der Waals surface area (Å²) in [5, 5.41) is 6.62. The van der Waals surface area contributed by atoms with E-state index in [4.69, 9.17) is 12.2 Å². The lowest BCUT2D eigenvalue weighted by Gasteiger charge is -2.11. The van der Waals surface area contributed by atoms with E-state index in [0.29, 0.717) is 11.7 Å². The predicted octanol–water partition coefficient (Wildman–Crippen LogP) is 2.39. The van der Waals surface area contributed by atoms with E-state index in [2.05, 4.69) is 27.5 Å². The van der Waals surface area contributed by atoms with Crippen LogP contribution in [0.5, 0.6) is 0 Å². The lowest BCUT2D eigenvalue weighted by atomic mass is 10.1. The van der Waals surface area contributed by atoms with Gasteiger partial charge in [0.15, 0.2) is 5.11 Å². The van der Waals surface area contributed by atoms with Gasteiger partial charge in [-0.15, -0.1) is 0 Å². The molecular weight excluding hydrogens is 330 g/mol. The summed E-state index contributed by atoms with van der Waals surface area (Å²) in [7, 11) is -2.04. The summed E-state index contributed by atoms with van der Waals surface area (Å²) in [4.78, 5) is 0.212. The minimum absolute atomic E-state index is 0.212. The second-order valence-electron chi connectivity index (χ2n) is 5.03. The van der Waals surface area contributed by atoms with Crippen molar-refractivity contribution in [2.24, 2.45) is 0 Å². The molecule has 0 aliphatic carbocycles. The minimum Gasteiger partial charge on any atom is -0.358 e. The van der Waals surface area contributed by atoms with Crippen LogP contribution in [0.25, 0.3) is 0 Å². The number of hydrogen-bond acceptors (Lipinski definition) is 3. The molecule has 0 saturated heterocycles. The van der Waals surface area contributed by atoms with Crippen molar-refractivity contribution >= 4 is 33.0 Å². The molecule has 0 aliphatic rings. The highest BCUT2D eigenvalue weighted by Gasteiger charge is 2.10. The van der Waals surface area contributed by atoms with Crippen molar-refractivity contribution in [3.63, 3.8) is 0 Å². The second kappa shape index (κ2) is 7.54. The van der Waals surface area contributed by atoms with Gasteiger partial charge in [0.05, 0.1) is 4.90 Å². The van der Waals surface area contributed by atoms with Crippen LogP contribution in [-0.4, -0.2) is 20.6 Å². The van der Waals surface area contributed by atoms with Crippen molar-refractivity contribution in [3.05, 3.63) is 59.7 Å². The molecule has 2 aromatic carbocycles. The van der Waals surface area contributed by atoms with Gasteiger partial charge < -0.3 is 10.6 Å². The van der Waals surface area contributed by atoms with Gasteiger partial charge in [-0.25, -0.2) is 13.1 Å². The fourth-order valence-corrected chi connectivity index (χ4v) is 2.82. The molecule has 0 fully saturated rings. The lowest BCUT2D eigenvalue weighted by Crippen LogP contribution is -2.27. The standard InChI is InChI=1S/C16H19N3O2S2/c1-12-3-5-13(6-4-12)11-18-16(22)19-14-7-9-15(10-8-14)23(20,21)17-2/h3-10,17H,11H2,1-2H3,(H2,18,19,22). The third-order valence-corrected chi connectivity index (χ3v) is 4.94. The Labute approximate surface area is 142 Å². The summed E-state index contributed by atoms with van der Waals surface area (Å²) in [6.07, 6.45) is 0. The molecule has 0 amide bonds. The number of aryl methyl sites for hydroxylation is 1. The normalized spacial score (nSPS) is 11.0. The van der Waals surface area contributed by atoms with E-state index in [0.717, 1.165) is 11.3 Å². The van der Waals surface area contributed by atoms with E-state index in [-0.39, 0.29) is 4.90 Å². The molecule has 7 heteroatoms. The van der Waals surface area contributed by atoms with Crippen molar-refractivity contribution in [2.75, 3.05) is 12.4 Å². The van der Waals surface area contributed by atoms with Gasteiger partial charge in [-0.3, -0.25) is 0 Å². The lowest BCUT2D eigenvalue weighted by molar-refractivity contribution is 0.588. The highest BCUT2D eigenvalue weighted by molar-refractivity contribution is 7.89. The molecule has 0 saturated carbocycles. The summed E-state index contributed by atoms with van der Waals surface area (Å²) in [6.45, 7) is 2.67. The van der Waals surface area contributed by atoms with Crippen LogP contribution in [0, 0.1) is 6.92 Å². The van der Waals surface area contributed by atoms with E-state index in [1.54, 1.807) is 12.1 Å². The van der Waals surface area contributed by atoms with Crippen LogP contribution in [-0.2, 0) is 16.6 Å². The summed E-state index contributed by atoms with van der Waals surface area (Å²) in [6, 6.07) is 14.6. The van der Waals surface area contributed by atoms with Gasteiger partial charge in [-0.1, -0.05) is 29.8 Å². The van der Waals surface area contributed by atoms with Crippen LogP contribution in [0.4, 0.5) is 5.69 Å². The molecule has 2 aromatic rings. The number of hydrogen-bond donors (Lipinski definition) is 3. The average Bonchev–Trinajstić information content (AvgIpc) is 2.55. The highest BCUT2D eigenvalue weighted by atomic mass is 32.2. The number of rotatable bonds is 5. The van der Waals surface area contributed by atoms with Crippen molar-refractivity contribution < 1.29 is 8.42 Å². The summed E-state index contributed by atoms with van der Waals surface area (Å²) in [5.74, 6) is 0. The third-order valence-electron chi connectivity index (χ3n) is 3.26. The molecule has 0 bridgehead atoms. The Balaban J connectivity index is 1.91. The van der Waals surface area contributed by atoms with Gasteiger partial charge in [0.25, 0.3) is 0 Å².